The Morgan fingerprint density at radius 3 is 1.64 bits per heavy atom. The van der Waals surface area contributed by atoms with Crippen LogP contribution in [0.25, 0.3) is 20.4 Å². The lowest BCUT2D eigenvalue weighted by Crippen LogP contribution is -2.50. The number of carbonyl (C=O) groups excluding carboxylic acids is 1. The number of amides is 1. The van der Waals surface area contributed by atoms with Crippen LogP contribution in [0.4, 0.5) is 0 Å². The molecule has 11 nitrogen and oxygen atoms in total. The van der Waals surface area contributed by atoms with Crippen molar-refractivity contribution in [2.24, 2.45) is 5.92 Å². The maximum absolute atomic E-state index is 12.4. The number of fused-ring (bicyclic) bond motifs is 2. The Kier molecular flexibility index (Phi) is 13.8. The van der Waals surface area contributed by atoms with Crippen LogP contribution in [-0.4, -0.2) is 119 Å². The molecule has 4 aromatic carbocycles. The molecule has 0 saturated carbocycles. The van der Waals surface area contributed by atoms with E-state index in [1.54, 1.807) is 11.3 Å². The van der Waals surface area contributed by atoms with Crippen LogP contribution >= 0.6 is 22.7 Å². The normalized spacial score (nSPS) is 17.8. The zero-order valence-electron chi connectivity index (χ0n) is 33.4. The predicted molar refractivity (Wildman–Crippen MR) is 235 cm³/mol. The first-order chi connectivity index (χ1) is 28.9. The van der Waals surface area contributed by atoms with Crippen LogP contribution in [0.5, 0.6) is 21.9 Å². The first-order valence-corrected chi connectivity index (χ1v) is 22.5. The molecule has 3 fully saturated rings. The van der Waals surface area contributed by atoms with Gasteiger partial charge in [0.2, 0.25) is 5.91 Å². The molecule has 1 unspecified atom stereocenters. The fourth-order valence-corrected chi connectivity index (χ4v) is 9.57. The lowest BCUT2D eigenvalue weighted by molar-refractivity contribution is -0.143. The number of thiazole rings is 2. The minimum absolute atomic E-state index is 0.219. The van der Waals surface area contributed by atoms with Crippen molar-refractivity contribution in [1.82, 2.24) is 29.6 Å². The lowest BCUT2D eigenvalue weighted by Gasteiger charge is -2.35. The van der Waals surface area contributed by atoms with Gasteiger partial charge in [0.15, 0.2) is 0 Å². The third-order valence-corrected chi connectivity index (χ3v) is 13.2. The molecule has 0 bridgehead atoms. The number of hydrogen-bond acceptors (Lipinski definition) is 11. The number of aliphatic carboxylic acids is 1. The molecule has 308 valence electrons. The quantitative estimate of drug-likeness (QED) is 0.122. The number of benzene rings is 4. The summed E-state index contributed by atoms with van der Waals surface area (Å²) >= 11 is 3.11. The van der Waals surface area contributed by atoms with Crippen molar-refractivity contribution >= 4 is 55.0 Å². The number of piperazine rings is 1. The van der Waals surface area contributed by atoms with Crippen molar-refractivity contribution in [1.29, 1.82) is 0 Å². The second-order valence-corrected chi connectivity index (χ2v) is 17.6. The molecule has 13 heteroatoms. The van der Waals surface area contributed by atoms with Gasteiger partial charge < -0.3 is 29.3 Å². The minimum Gasteiger partial charge on any atom is -0.481 e. The lowest BCUT2D eigenvalue weighted by atomic mass is 9.98. The summed E-state index contributed by atoms with van der Waals surface area (Å²) in [6.45, 7) is 10.1. The number of ether oxygens (including phenoxy) is 2. The highest BCUT2D eigenvalue weighted by Gasteiger charge is 2.25. The Morgan fingerprint density at radius 2 is 1.12 bits per heavy atom. The number of hydrogen-bond donors (Lipinski definition) is 1. The second-order valence-electron chi connectivity index (χ2n) is 15.6. The van der Waals surface area contributed by atoms with Crippen LogP contribution in [0.15, 0.2) is 97.1 Å². The SMILES string of the molecule is O=C(CN1CCN(CCc2ccc(Oc3nc4ccccc4s3)cc2)CC1)N1CCCC1.O=C(O)C1CCCN(CCc2ccc(Oc3nc4ccccc4s3)cc2)C1. The van der Waals surface area contributed by atoms with Gasteiger partial charge >= 0.3 is 5.97 Å². The number of piperidine rings is 1. The van der Waals surface area contributed by atoms with E-state index in [0.29, 0.717) is 29.4 Å². The van der Waals surface area contributed by atoms with Crippen LogP contribution < -0.4 is 9.47 Å². The highest BCUT2D eigenvalue weighted by atomic mass is 32.1. The van der Waals surface area contributed by atoms with Crippen molar-refractivity contribution in [3.63, 3.8) is 0 Å². The third kappa shape index (κ3) is 11.4. The van der Waals surface area contributed by atoms with E-state index in [0.717, 1.165) is 129 Å². The van der Waals surface area contributed by atoms with E-state index in [-0.39, 0.29) is 5.92 Å². The summed E-state index contributed by atoms with van der Waals surface area (Å²) in [5, 5.41) is 10.5. The molecule has 0 radical (unpaired) electrons. The van der Waals surface area contributed by atoms with E-state index in [9.17, 15) is 14.7 Å². The summed E-state index contributed by atoms with van der Waals surface area (Å²) in [7, 11) is 0. The highest BCUT2D eigenvalue weighted by Crippen LogP contribution is 2.32. The summed E-state index contributed by atoms with van der Waals surface area (Å²) in [5.41, 5.74) is 4.47. The van der Waals surface area contributed by atoms with Gasteiger partial charge in [-0.05, 0) is 105 Å². The van der Waals surface area contributed by atoms with Crippen molar-refractivity contribution in [2.45, 2.75) is 38.5 Å². The van der Waals surface area contributed by atoms with Gasteiger partial charge in [-0.1, -0.05) is 71.2 Å². The molecule has 1 amide bonds. The molecule has 0 spiro atoms. The second kappa shape index (κ2) is 19.9. The Balaban J connectivity index is 0.000000167. The molecule has 1 N–H and O–H groups in total. The zero-order chi connectivity index (χ0) is 40.4. The topological polar surface area (TPSA) is 112 Å². The number of nitrogens with zero attached hydrogens (tertiary/aromatic N) is 6. The molecule has 2 aromatic heterocycles. The third-order valence-electron chi connectivity index (χ3n) is 11.4. The van der Waals surface area contributed by atoms with Gasteiger partial charge in [0.25, 0.3) is 10.4 Å². The molecule has 3 aliphatic heterocycles. The van der Waals surface area contributed by atoms with Gasteiger partial charge in [-0.15, -0.1) is 0 Å². The number of rotatable bonds is 13. The number of aromatic nitrogens is 2. The largest absolute Gasteiger partial charge is 0.481 e. The standard InChI is InChI=1S/C25H30N4O2S.C21H22N2O3S/c30-24(29-12-3-4-13-29)19-28-17-15-27(16-18-28)14-11-20-7-9-21(10-8-20)31-25-26-22-5-1-2-6-23(22)32-25;24-20(25)16-4-3-12-23(14-16)13-11-15-7-9-17(10-8-15)26-21-22-18-5-1-2-6-19(18)27-21/h1-2,5-10H,3-4,11-19H2;1-2,5-10,16H,3-4,11-14H2,(H,24,25). The van der Waals surface area contributed by atoms with E-state index in [2.05, 4.69) is 55.0 Å². The van der Waals surface area contributed by atoms with Gasteiger partial charge in [0.05, 0.1) is 32.9 Å². The Morgan fingerprint density at radius 1 is 0.610 bits per heavy atom. The summed E-state index contributed by atoms with van der Waals surface area (Å²) < 4.78 is 14.1. The van der Waals surface area contributed by atoms with Crippen molar-refractivity contribution in [2.75, 3.05) is 72.0 Å². The monoisotopic (exact) mass is 832 g/mol. The van der Waals surface area contributed by atoms with Crippen LogP contribution in [-0.2, 0) is 22.4 Å². The molecular formula is C46H52N6O5S2. The van der Waals surface area contributed by atoms with E-state index in [4.69, 9.17) is 9.47 Å². The Hall–Kier alpha value is -4.92. The zero-order valence-corrected chi connectivity index (χ0v) is 35.0. The summed E-state index contributed by atoms with van der Waals surface area (Å²) in [4.78, 5) is 41.6. The van der Waals surface area contributed by atoms with Crippen LogP contribution in [0.1, 0.15) is 36.8 Å². The number of carbonyl (C=O) groups is 2. The average Bonchev–Trinajstić information content (AvgIpc) is 4.05. The van der Waals surface area contributed by atoms with Gasteiger partial charge in [-0.3, -0.25) is 14.5 Å². The van der Waals surface area contributed by atoms with Gasteiger partial charge in [0.1, 0.15) is 11.5 Å². The van der Waals surface area contributed by atoms with Crippen LogP contribution in [0.2, 0.25) is 0 Å². The first-order valence-electron chi connectivity index (χ1n) is 20.8. The number of para-hydroxylation sites is 2. The van der Waals surface area contributed by atoms with Crippen molar-refractivity contribution in [3.05, 3.63) is 108 Å². The highest BCUT2D eigenvalue weighted by molar-refractivity contribution is 7.20. The van der Waals surface area contributed by atoms with Gasteiger partial charge in [-0.2, -0.15) is 0 Å². The molecule has 6 aromatic rings. The fourth-order valence-electron chi connectivity index (χ4n) is 7.90. The fraction of sp³-hybridized carbons (Fsp3) is 0.391. The van der Waals surface area contributed by atoms with Crippen molar-refractivity contribution < 1.29 is 24.2 Å². The molecule has 5 heterocycles. The van der Waals surface area contributed by atoms with E-state index in [1.165, 1.54) is 22.5 Å². The van der Waals surface area contributed by atoms with Gasteiger partial charge in [-0.25, -0.2) is 9.97 Å². The van der Waals surface area contributed by atoms with Crippen molar-refractivity contribution in [3.8, 4) is 21.9 Å². The van der Waals surface area contributed by atoms with Crippen LogP contribution in [0.3, 0.4) is 0 Å². The minimum atomic E-state index is -0.670. The Bertz CT molecular complexity index is 2220. The molecule has 0 aliphatic carbocycles. The van der Waals surface area contributed by atoms with E-state index < -0.39 is 5.97 Å². The molecule has 3 saturated heterocycles. The van der Waals surface area contributed by atoms with E-state index >= 15 is 0 Å². The number of carboxylic acids is 1. The van der Waals surface area contributed by atoms with Crippen LogP contribution in [0, 0.1) is 5.92 Å². The molecule has 9 rings (SSSR count). The predicted octanol–water partition coefficient (Wildman–Crippen LogP) is 8.30. The smallest absolute Gasteiger partial charge is 0.307 e. The molecule has 1 atom stereocenters. The maximum Gasteiger partial charge on any atom is 0.307 e. The summed E-state index contributed by atoms with van der Waals surface area (Å²) in [5.74, 6) is 1.02. The number of carboxylic acid groups (broad SMARTS) is 1. The van der Waals surface area contributed by atoms with Gasteiger partial charge in [0, 0.05) is 58.9 Å². The average molecular weight is 833 g/mol. The Labute approximate surface area is 353 Å². The summed E-state index contributed by atoms with van der Waals surface area (Å²) in [6.07, 6.45) is 6.01. The molecule has 59 heavy (non-hydrogen) atoms. The summed E-state index contributed by atoms with van der Waals surface area (Å²) in [6, 6.07) is 32.5. The number of likely N-dealkylation sites (tertiary alicyclic amines) is 2. The molecule has 3 aliphatic rings. The van der Waals surface area contributed by atoms with E-state index in [1.807, 2.05) is 71.6 Å². The molecular weight excluding hydrogens is 781 g/mol. The first kappa shape index (κ1) is 40.8. The maximum atomic E-state index is 12.4.